The third kappa shape index (κ3) is 1.78. The van der Waals surface area contributed by atoms with E-state index < -0.39 is 0 Å². The lowest BCUT2D eigenvalue weighted by Crippen LogP contribution is -2.07. The first-order valence-corrected chi connectivity index (χ1v) is 6.79. The highest BCUT2D eigenvalue weighted by Crippen LogP contribution is 2.31. The third-order valence-corrected chi connectivity index (χ3v) is 3.58. The molecule has 5 nitrogen and oxygen atoms in total. The zero-order chi connectivity index (χ0) is 13.4. The van der Waals surface area contributed by atoms with E-state index in [1.807, 2.05) is 24.3 Å². The van der Waals surface area contributed by atoms with Gasteiger partial charge in [0.15, 0.2) is 5.65 Å². The molecule has 1 unspecified atom stereocenters. The molecule has 1 fully saturated rings. The molecule has 3 aromatic rings. The van der Waals surface area contributed by atoms with E-state index in [0.717, 1.165) is 42.1 Å². The van der Waals surface area contributed by atoms with Gasteiger partial charge in [0, 0.05) is 25.2 Å². The molecule has 0 aliphatic carbocycles. The van der Waals surface area contributed by atoms with Crippen molar-refractivity contribution in [2.24, 2.45) is 0 Å². The average molecular weight is 266 g/mol. The molecule has 0 spiro atoms. The Kier molecular flexibility index (Phi) is 2.70. The SMILES string of the molecule is c1cnc2c(c1)nc(C1CCCO1)n2-c1ccncc1. The Morgan fingerprint density at radius 1 is 1.15 bits per heavy atom. The Balaban J connectivity index is 1.98. The number of nitrogens with zero attached hydrogens (tertiary/aromatic N) is 4. The zero-order valence-corrected chi connectivity index (χ0v) is 10.9. The van der Waals surface area contributed by atoms with Gasteiger partial charge in [0.2, 0.25) is 0 Å². The van der Waals surface area contributed by atoms with Crippen LogP contribution in [0.3, 0.4) is 0 Å². The molecule has 100 valence electrons. The maximum absolute atomic E-state index is 5.80. The molecule has 20 heavy (non-hydrogen) atoms. The van der Waals surface area contributed by atoms with Crippen LogP contribution in [-0.2, 0) is 4.74 Å². The van der Waals surface area contributed by atoms with Crippen LogP contribution in [0.15, 0.2) is 42.9 Å². The van der Waals surface area contributed by atoms with Gasteiger partial charge in [-0.05, 0) is 37.1 Å². The standard InChI is InChI=1S/C15H14N4O/c1-3-12-14(17-7-1)19(11-5-8-16-9-6-11)15(18-12)13-4-2-10-20-13/h1,3,5-9,13H,2,4,10H2. The van der Waals surface area contributed by atoms with Gasteiger partial charge in [-0.1, -0.05) is 0 Å². The number of hydrogen-bond donors (Lipinski definition) is 0. The number of imidazole rings is 1. The van der Waals surface area contributed by atoms with Gasteiger partial charge in [0.25, 0.3) is 0 Å². The molecule has 1 aliphatic rings. The van der Waals surface area contributed by atoms with Crippen LogP contribution in [0.1, 0.15) is 24.8 Å². The van der Waals surface area contributed by atoms with Crippen molar-refractivity contribution in [2.75, 3.05) is 6.61 Å². The van der Waals surface area contributed by atoms with E-state index in [1.165, 1.54) is 0 Å². The molecule has 1 aliphatic heterocycles. The summed E-state index contributed by atoms with van der Waals surface area (Å²) in [5.74, 6) is 0.933. The van der Waals surface area contributed by atoms with Gasteiger partial charge in [-0.2, -0.15) is 0 Å². The minimum atomic E-state index is 0.0531. The fourth-order valence-electron chi connectivity index (χ4n) is 2.67. The summed E-state index contributed by atoms with van der Waals surface area (Å²) in [7, 11) is 0. The number of ether oxygens (including phenoxy) is 1. The maximum Gasteiger partial charge on any atom is 0.164 e. The lowest BCUT2D eigenvalue weighted by Gasteiger charge is -2.12. The van der Waals surface area contributed by atoms with Crippen molar-refractivity contribution in [3.05, 3.63) is 48.7 Å². The monoisotopic (exact) mass is 266 g/mol. The minimum absolute atomic E-state index is 0.0531. The molecule has 0 amide bonds. The van der Waals surface area contributed by atoms with Gasteiger partial charge in [-0.25, -0.2) is 9.97 Å². The summed E-state index contributed by atoms with van der Waals surface area (Å²) in [4.78, 5) is 13.3. The van der Waals surface area contributed by atoms with Crippen LogP contribution in [0.25, 0.3) is 16.9 Å². The van der Waals surface area contributed by atoms with Gasteiger partial charge in [0.1, 0.15) is 17.4 Å². The topological polar surface area (TPSA) is 52.8 Å². The van der Waals surface area contributed by atoms with Crippen LogP contribution in [0.5, 0.6) is 0 Å². The smallest absolute Gasteiger partial charge is 0.164 e. The second kappa shape index (κ2) is 4.68. The molecule has 5 heteroatoms. The van der Waals surface area contributed by atoms with Crippen LogP contribution in [0, 0.1) is 0 Å². The largest absolute Gasteiger partial charge is 0.370 e. The Morgan fingerprint density at radius 2 is 2.05 bits per heavy atom. The highest BCUT2D eigenvalue weighted by atomic mass is 16.5. The molecule has 0 aromatic carbocycles. The number of pyridine rings is 2. The average Bonchev–Trinajstić information content (AvgIpc) is 3.15. The van der Waals surface area contributed by atoms with Crippen molar-refractivity contribution in [1.29, 1.82) is 0 Å². The van der Waals surface area contributed by atoms with Crippen LogP contribution in [-0.4, -0.2) is 26.1 Å². The number of aromatic nitrogens is 4. The Labute approximate surface area is 116 Å². The molecule has 1 saturated heterocycles. The van der Waals surface area contributed by atoms with Gasteiger partial charge < -0.3 is 4.74 Å². The van der Waals surface area contributed by atoms with Gasteiger partial charge in [-0.3, -0.25) is 9.55 Å². The van der Waals surface area contributed by atoms with E-state index in [1.54, 1.807) is 18.6 Å². The molecular weight excluding hydrogens is 252 g/mol. The van der Waals surface area contributed by atoms with Crippen molar-refractivity contribution in [3.8, 4) is 5.69 Å². The number of fused-ring (bicyclic) bond motifs is 1. The fourth-order valence-corrected chi connectivity index (χ4v) is 2.67. The summed E-state index contributed by atoms with van der Waals surface area (Å²) in [6, 6.07) is 7.83. The van der Waals surface area contributed by atoms with E-state index >= 15 is 0 Å². The summed E-state index contributed by atoms with van der Waals surface area (Å²) in [5.41, 5.74) is 2.78. The fraction of sp³-hybridized carbons (Fsp3) is 0.267. The summed E-state index contributed by atoms with van der Waals surface area (Å²) in [5, 5.41) is 0. The second-order valence-corrected chi connectivity index (χ2v) is 4.86. The Bertz CT molecular complexity index is 732. The number of rotatable bonds is 2. The molecular formula is C15H14N4O. The normalized spacial score (nSPS) is 18.7. The van der Waals surface area contributed by atoms with E-state index in [-0.39, 0.29) is 6.10 Å². The quantitative estimate of drug-likeness (QED) is 0.715. The molecule has 4 heterocycles. The van der Waals surface area contributed by atoms with Crippen molar-refractivity contribution in [1.82, 2.24) is 19.5 Å². The van der Waals surface area contributed by atoms with Crippen LogP contribution >= 0.6 is 0 Å². The third-order valence-electron chi connectivity index (χ3n) is 3.58. The predicted octanol–water partition coefficient (Wildman–Crippen LogP) is 2.67. The summed E-state index contributed by atoms with van der Waals surface area (Å²) in [6.45, 7) is 0.803. The first-order valence-electron chi connectivity index (χ1n) is 6.79. The second-order valence-electron chi connectivity index (χ2n) is 4.86. The van der Waals surface area contributed by atoms with Crippen molar-refractivity contribution in [3.63, 3.8) is 0 Å². The lowest BCUT2D eigenvalue weighted by atomic mass is 10.2. The summed E-state index contributed by atoms with van der Waals surface area (Å²) < 4.78 is 7.88. The minimum Gasteiger partial charge on any atom is -0.370 e. The van der Waals surface area contributed by atoms with E-state index in [9.17, 15) is 0 Å². The van der Waals surface area contributed by atoms with E-state index in [0.29, 0.717) is 0 Å². The summed E-state index contributed by atoms with van der Waals surface area (Å²) in [6.07, 6.45) is 7.50. The molecule has 3 aromatic heterocycles. The molecule has 4 rings (SSSR count). The Hall–Kier alpha value is -2.27. The first kappa shape index (κ1) is 11.5. The zero-order valence-electron chi connectivity index (χ0n) is 10.9. The predicted molar refractivity (Wildman–Crippen MR) is 74.6 cm³/mol. The molecule has 0 radical (unpaired) electrons. The first-order chi connectivity index (χ1) is 9.93. The van der Waals surface area contributed by atoms with Crippen LogP contribution < -0.4 is 0 Å². The van der Waals surface area contributed by atoms with Crippen molar-refractivity contribution in [2.45, 2.75) is 18.9 Å². The molecule has 1 atom stereocenters. The Morgan fingerprint density at radius 3 is 2.85 bits per heavy atom. The number of hydrogen-bond acceptors (Lipinski definition) is 4. The molecule has 0 N–H and O–H groups in total. The summed E-state index contributed by atoms with van der Waals surface area (Å²) >= 11 is 0. The molecule has 0 bridgehead atoms. The van der Waals surface area contributed by atoms with Crippen molar-refractivity contribution < 1.29 is 4.74 Å². The van der Waals surface area contributed by atoms with Gasteiger partial charge in [0.05, 0.1) is 5.69 Å². The van der Waals surface area contributed by atoms with Gasteiger partial charge >= 0.3 is 0 Å². The molecule has 0 saturated carbocycles. The van der Waals surface area contributed by atoms with Crippen LogP contribution in [0.4, 0.5) is 0 Å². The van der Waals surface area contributed by atoms with Crippen molar-refractivity contribution >= 4 is 11.2 Å². The van der Waals surface area contributed by atoms with E-state index in [2.05, 4.69) is 14.5 Å². The highest BCUT2D eigenvalue weighted by molar-refractivity contribution is 5.73. The van der Waals surface area contributed by atoms with Crippen LogP contribution in [0.2, 0.25) is 0 Å². The highest BCUT2D eigenvalue weighted by Gasteiger charge is 2.25. The van der Waals surface area contributed by atoms with Gasteiger partial charge in [-0.15, -0.1) is 0 Å². The maximum atomic E-state index is 5.80. The lowest BCUT2D eigenvalue weighted by molar-refractivity contribution is 0.104. The van der Waals surface area contributed by atoms with E-state index in [4.69, 9.17) is 9.72 Å².